The fourth-order valence-corrected chi connectivity index (χ4v) is 0.538. The van der Waals surface area contributed by atoms with Crippen LogP contribution in [0.25, 0.3) is 0 Å². The van der Waals surface area contributed by atoms with Gasteiger partial charge in [-0.3, -0.25) is 0 Å². The Kier molecular flexibility index (Phi) is 4.84. The molecule has 0 saturated carbocycles. The van der Waals surface area contributed by atoms with Crippen molar-refractivity contribution in [3.63, 3.8) is 0 Å². The van der Waals surface area contributed by atoms with Crippen molar-refractivity contribution in [3.05, 3.63) is 24.8 Å². The number of hydrogen-bond donors (Lipinski definition) is 0. The van der Waals surface area contributed by atoms with E-state index in [1.165, 1.54) is 0 Å². The molecule has 0 N–H and O–H groups in total. The van der Waals surface area contributed by atoms with Crippen LogP contribution >= 0.6 is 0 Å². The van der Waals surface area contributed by atoms with Gasteiger partial charge in [0.15, 0.2) is 0 Å². The number of ether oxygens (including phenoxy) is 2. The smallest absolute Gasteiger partial charge is 0.435 e. The number of rotatable bonds is 4. The minimum absolute atomic E-state index is 0.312. The maximum Gasteiger partial charge on any atom is 0.508 e. The van der Waals surface area contributed by atoms with E-state index < -0.39 is 6.16 Å². The Morgan fingerprint density at radius 1 is 1.67 bits per heavy atom. The first-order chi connectivity index (χ1) is 5.61. The third kappa shape index (κ3) is 3.81. The highest BCUT2D eigenvalue weighted by molar-refractivity contribution is 5.60. The summed E-state index contributed by atoms with van der Waals surface area (Å²) in [6.07, 6.45) is 0.499. The van der Waals surface area contributed by atoms with Crippen LogP contribution in [-0.2, 0) is 9.47 Å². The van der Waals surface area contributed by atoms with Gasteiger partial charge < -0.3 is 9.47 Å². The molecule has 0 rings (SSSR count). The van der Waals surface area contributed by atoms with E-state index in [2.05, 4.69) is 17.9 Å². The lowest BCUT2D eigenvalue weighted by Gasteiger charge is -2.12. The lowest BCUT2D eigenvalue weighted by molar-refractivity contribution is 0.0434. The molecule has 0 aromatic heterocycles. The molecule has 0 aromatic carbocycles. The van der Waals surface area contributed by atoms with Crippen molar-refractivity contribution in [2.24, 2.45) is 0 Å². The van der Waals surface area contributed by atoms with Crippen LogP contribution < -0.4 is 0 Å². The monoisotopic (exact) mass is 170 g/mol. The molecule has 0 radical (unpaired) electrons. The average Bonchev–Trinajstić information content (AvgIpc) is 2.03. The molecule has 1 atom stereocenters. The van der Waals surface area contributed by atoms with Crippen molar-refractivity contribution >= 4 is 6.16 Å². The molecule has 12 heavy (non-hydrogen) atoms. The van der Waals surface area contributed by atoms with Crippen LogP contribution in [0.3, 0.4) is 0 Å². The largest absolute Gasteiger partial charge is 0.508 e. The van der Waals surface area contributed by atoms with Crippen molar-refractivity contribution in [2.75, 3.05) is 6.61 Å². The predicted octanol–water partition coefficient (Wildman–Crippen LogP) is 2.29. The van der Waals surface area contributed by atoms with Gasteiger partial charge in [-0.1, -0.05) is 19.2 Å². The zero-order valence-corrected chi connectivity index (χ0v) is 7.50. The second kappa shape index (κ2) is 5.41. The quantitative estimate of drug-likeness (QED) is 0.479. The maximum absolute atomic E-state index is 10.8. The van der Waals surface area contributed by atoms with Crippen LogP contribution in [0.15, 0.2) is 24.8 Å². The number of carbonyl (C=O) groups is 1. The van der Waals surface area contributed by atoms with E-state index in [0.717, 1.165) is 0 Å². The van der Waals surface area contributed by atoms with Gasteiger partial charge in [0.1, 0.15) is 6.10 Å². The Labute approximate surface area is 72.7 Å². The second-order valence-electron chi connectivity index (χ2n) is 2.22. The highest BCUT2D eigenvalue weighted by atomic mass is 16.7. The predicted molar refractivity (Wildman–Crippen MR) is 46.9 cm³/mol. The summed E-state index contributed by atoms with van der Waals surface area (Å²) < 4.78 is 9.38. The average molecular weight is 170 g/mol. The van der Waals surface area contributed by atoms with Gasteiger partial charge in [0.2, 0.25) is 0 Å². The molecule has 0 bridgehead atoms. The first kappa shape index (κ1) is 10.8. The van der Waals surface area contributed by atoms with Crippen LogP contribution in [0.5, 0.6) is 0 Å². The zero-order valence-electron chi connectivity index (χ0n) is 7.50. The van der Waals surface area contributed by atoms with Crippen molar-refractivity contribution < 1.29 is 14.3 Å². The Morgan fingerprint density at radius 3 is 2.67 bits per heavy atom. The van der Waals surface area contributed by atoms with Gasteiger partial charge in [0.25, 0.3) is 0 Å². The van der Waals surface area contributed by atoms with Gasteiger partial charge in [0, 0.05) is 0 Å². The van der Waals surface area contributed by atoms with Crippen molar-refractivity contribution in [2.45, 2.75) is 20.0 Å². The van der Waals surface area contributed by atoms with Gasteiger partial charge in [-0.05, 0) is 19.4 Å². The van der Waals surface area contributed by atoms with E-state index in [0.29, 0.717) is 12.2 Å². The van der Waals surface area contributed by atoms with Crippen molar-refractivity contribution in [1.82, 2.24) is 0 Å². The van der Waals surface area contributed by atoms with E-state index in [9.17, 15) is 4.79 Å². The molecule has 0 saturated heterocycles. The number of hydrogen-bond acceptors (Lipinski definition) is 3. The van der Waals surface area contributed by atoms with Gasteiger partial charge in [-0.25, -0.2) is 4.79 Å². The first-order valence-electron chi connectivity index (χ1n) is 3.76. The molecule has 0 aliphatic rings. The van der Waals surface area contributed by atoms with E-state index >= 15 is 0 Å². The standard InChI is InChI=1S/C9H14O3/c1-5-7(3)8(4)12-9(10)11-6-2/h5,8H,1,3,6H2,2,4H3. The lowest BCUT2D eigenvalue weighted by atomic mass is 10.2. The lowest BCUT2D eigenvalue weighted by Crippen LogP contribution is -2.16. The fraction of sp³-hybridized carbons (Fsp3) is 0.444. The second-order valence-corrected chi connectivity index (χ2v) is 2.22. The van der Waals surface area contributed by atoms with E-state index in [1.807, 2.05) is 0 Å². The molecule has 0 spiro atoms. The molecule has 3 heteroatoms. The summed E-state index contributed by atoms with van der Waals surface area (Å²) >= 11 is 0. The first-order valence-corrected chi connectivity index (χ1v) is 3.76. The van der Waals surface area contributed by atoms with Crippen LogP contribution in [-0.4, -0.2) is 18.9 Å². The minimum Gasteiger partial charge on any atom is -0.435 e. The molecule has 0 aliphatic carbocycles. The Morgan fingerprint density at radius 2 is 2.25 bits per heavy atom. The van der Waals surface area contributed by atoms with E-state index in [-0.39, 0.29) is 6.10 Å². The molecule has 0 amide bonds. The normalized spacial score (nSPS) is 11.5. The molecule has 0 fully saturated rings. The Bertz CT molecular complexity index is 184. The van der Waals surface area contributed by atoms with Crippen LogP contribution in [0.1, 0.15) is 13.8 Å². The topological polar surface area (TPSA) is 35.5 Å². The van der Waals surface area contributed by atoms with Gasteiger partial charge in [-0.2, -0.15) is 0 Å². The minimum atomic E-state index is -0.673. The molecular weight excluding hydrogens is 156 g/mol. The molecule has 1 unspecified atom stereocenters. The van der Waals surface area contributed by atoms with Gasteiger partial charge >= 0.3 is 6.16 Å². The van der Waals surface area contributed by atoms with E-state index in [4.69, 9.17) is 4.74 Å². The third-order valence-electron chi connectivity index (χ3n) is 1.32. The molecule has 0 heterocycles. The van der Waals surface area contributed by atoms with Crippen LogP contribution in [0, 0.1) is 0 Å². The molecule has 3 nitrogen and oxygen atoms in total. The summed E-state index contributed by atoms with van der Waals surface area (Å²) in [5.41, 5.74) is 0.656. The summed E-state index contributed by atoms with van der Waals surface area (Å²) in [5.74, 6) is 0. The van der Waals surface area contributed by atoms with E-state index in [1.54, 1.807) is 19.9 Å². The van der Waals surface area contributed by atoms with Crippen molar-refractivity contribution in [3.8, 4) is 0 Å². The highest BCUT2D eigenvalue weighted by Gasteiger charge is 2.10. The summed E-state index contributed by atoms with van der Waals surface area (Å²) in [5, 5.41) is 0. The molecule has 0 aliphatic heterocycles. The fourth-order valence-electron chi connectivity index (χ4n) is 0.538. The number of carbonyl (C=O) groups excluding carboxylic acids is 1. The Hall–Kier alpha value is -1.25. The molecule has 0 aromatic rings. The van der Waals surface area contributed by atoms with Gasteiger partial charge in [-0.15, -0.1) is 0 Å². The van der Waals surface area contributed by atoms with Crippen molar-refractivity contribution in [1.29, 1.82) is 0 Å². The highest BCUT2D eigenvalue weighted by Crippen LogP contribution is 2.05. The SMILES string of the molecule is C=CC(=C)C(C)OC(=O)OCC. The van der Waals surface area contributed by atoms with Gasteiger partial charge in [0.05, 0.1) is 6.61 Å². The maximum atomic E-state index is 10.8. The summed E-state index contributed by atoms with van der Waals surface area (Å²) in [6.45, 7) is 10.9. The summed E-state index contributed by atoms with van der Waals surface area (Å²) in [6, 6.07) is 0. The summed E-state index contributed by atoms with van der Waals surface area (Å²) in [4.78, 5) is 10.8. The van der Waals surface area contributed by atoms with Crippen LogP contribution in [0.2, 0.25) is 0 Å². The Balaban J connectivity index is 3.83. The third-order valence-corrected chi connectivity index (χ3v) is 1.32. The zero-order chi connectivity index (χ0) is 9.56. The molecular formula is C9H14O3. The summed E-state index contributed by atoms with van der Waals surface area (Å²) in [7, 11) is 0. The molecule has 68 valence electrons. The van der Waals surface area contributed by atoms with Crippen LogP contribution in [0.4, 0.5) is 4.79 Å².